The second kappa shape index (κ2) is 8.07. The molecule has 0 aromatic heterocycles. The molecule has 0 saturated heterocycles. The van der Waals surface area contributed by atoms with Gasteiger partial charge in [0.15, 0.2) is 34.9 Å². The van der Waals surface area contributed by atoms with E-state index in [4.69, 9.17) is 10.2 Å². The van der Waals surface area contributed by atoms with Gasteiger partial charge >= 0.3 is 0 Å². The van der Waals surface area contributed by atoms with Crippen LogP contribution in [-0.4, -0.2) is 10.2 Å². The number of halogens is 6. The first-order valence-electron chi connectivity index (χ1n) is 4.89. The quantitative estimate of drug-likeness (QED) is 0.536. The number of hydrogen-bond acceptors (Lipinski definition) is 2. The van der Waals surface area contributed by atoms with E-state index in [-0.39, 0.29) is 26.2 Å². The van der Waals surface area contributed by atoms with Crippen LogP contribution in [-0.2, 0) is 26.2 Å². The van der Waals surface area contributed by atoms with E-state index >= 15 is 0 Å². The molecule has 0 saturated carbocycles. The van der Waals surface area contributed by atoms with Gasteiger partial charge in [0.2, 0.25) is 0 Å². The molecule has 9 heteroatoms. The summed E-state index contributed by atoms with van der Waals surface area (Å²) in [5, 5.41) is 16.9. The van der Waals surface area contributed by atoms with E-state index in [0.717, 1.165) is 0 Å². The SMILES string of the molecule is Oc1cc(F)c(F)c(F)c1.Oc1cc(F)c(F)c(F)c1.[Zr]. The molecular formula is C12H6F6O2Zr. The maximum atomic E-state index is 12.1. The summed E-state index contributed by atoms with van der Waals surface area (Å²) in [6, 6.07) is 1.99. The van der Waals surface area contributed by atoms with Gasteiger partial charge in [0, 0.05) is 50.5 Å². The Kier molecular flexibility index (Phi) is 7.49. The molecule has 0 atom stereocenters. The monoisotopic (exact) mass is 386 g/mol. The summed E-state index contributed by atoms with van der Waals surface area (Å²) < 4.78 is 72.4. The largest absolute Gasteiger partial charge is 0.508 e. The zero-order valence-electron chi connectivity index (χ0n) is 9.97. The van der Waals surface area contributed by atoms with Crippen molar-refractivity contribution < 1.29 is 62.8 Å². The van der Waals surface area contributed by atoms with Crippen LogP contribution < -0.4 is 0 Å². The second-order valence-electron chi connectivity index (χ2n) is 3.45. The second-order valence-corrected chi connectivity index (χ2v) is 3.45. The van der Waals surface area contributed by atoms with E-state index in [1.54, 1.807) is 0 Å². The van der Waals surface area contributed by atoms with Crippen molar-refractivity contribution in [3.63, 3.8) is 0 Å². The van der Waals surface area contributed by atoms with Crippen LogP contribution in [0, 0.1) is 34.9 Å². The predicted molar refractivity (Wildman–Crippen MR) is 56.0 cm³/mol. The van der Waals surface area contributed by atoms with Gasteiger partial charge in [-0.25, -0.2) is 26.3 Å². The van der Waals surface area contributed by atoms with Crippen molar-refractivity contribution in [2.75, 3.05) is 0 Å². The molecule has 2 nitrogen and oxygen atoms in total. The number of rotatable bonds is 0. The van der Waals surface area contributed by atoms with Gasteiger partial charge in [-0.15, -0.1) is 0 Å². The van der Waals surface area contributed by atoms with Gasteiger partial charge < -0.3 is 10.2 Å². The summed E-state index contributed by atoms with van der Waals surface area (Å²) in [5.74, 6) is -9.96. The van der Waals surface area contributed by atoms with Crippen molar-refractivity contribution in [1.29, 1.82) is 0 Å². The van der Waals surface area contributed by atoms with Gasteiger partial charge in [-0.1, -0.05) is 0 Å². The van der Waals surface area contributed by atoms with E-state index in [0.29, 0.717) is 24.3 Å². The Labute approximate surface area is 133 Å². The maximum absolute atomic E-state index is 12.1. The molecular weight excluding hydrogens is 381 g/mol. The number of phenolic OH excluding ortho intramolecular Hbond substituents is 2. The first-order valence-corrected chi connectivity index (χ1v) is 4.89. The van der Waals surface area contributed by atoms with E-state index in [9.17, 15) is 26.3 Å². The molecule has 0 spiro atoms. The molecule has 2 N–H and O–H groups in total. The van der Waals surface area contributed by atoms with Crippen molar-refractivity contribution in [1.82, 2.24) is 0 Å². The van der Waals surface area contributed by atoms with Crippen LogP contribution in [0.15, 0.2) is 24.3 Å². The Morgan fingerprint density at radius 1 is 0.524 bits per heavy atom. The topological polar surface area (TPSA) is 40.5 Å². The van der Waals surface area contributed by atoms with Crippen LogP contribution in [0.1, 0.15) is 0 Å². The molecule has 2 rings (SSSR count). The predicted octanol–water partition coefficient (Wildman–Crippen LogP) is 3.62. The van der Waals surface area contributed by atoms with Crippen LogP contribution in [0.5, 0.6) is 11.5 Å². The van der Waals surface area contributed by atoms with Gasteiger partial charge in [-0.05, 0) is 0 Å². The van der Waals surface area contributed by atoms with Crippen molar-refractivity contribution >= 4 is 0 Å². The molecule has 0 aliphatic rings. The van der Waals surface area contributed by atoms with Crippen molar-refractivity contribution in [3.05, 3.63) is 59.2 Å². The molecule has 0 amide bonds. The van der Waals surface area contributed by atoms with E-state index < -0.39 is 46.4 Å². The van der Waals surface area contributed by atoms with Gasteiger partial charge in [0.25, 0.3) is 0 Å². The van der Waals surface area contributed by atoms with Crippen LogP contribution in [0.3, 0.4) is 0 Å². The van der Waals surface area contributed by atoms with Crippen LogP contribution in [0.2, 0.25) is 0 Å². The fraction of sp³-hybridized carbons (Fsp3) is 0. The van der Waals surface area contributed by atoms with Crippen molar-refractivity contribution in [3.8, 4) is 11.5 Å². The summed E-state index contributed by atoms with van der Waals surface area (Å²) in [6.07, 6.45) is 0. The maximum Gasteiger partial charge on any atom is 0.194 e. The summed E-state index contributed by atoms with van der Waals surface area (Å²) in [5.41, 5.74) is 0. The van der Waals surface area contributed by atoms with Crippen LogP contribution in [0.4, 0.5) is 26.3 Å². The molecule has 0 fully saturated rings. The molecule has 0 aliphatic heterocycles. The van der Waals surface area contributed by atoms with Crippen molar-refractivity contribution in [2.24, 2.45) is 0 Å². The van der Waals surface area contributed by atoms with Gasteiger partial charge in [-0.2, -0.15) is 0 Å². The average molecular weight is 387 g/mol. The number of benzene rings is 2. The molecule has 21 heavy (non-hydrogen) atoms. The van der Waals surface area contributed by atoms with Crippen molar-refractivity contribution in [2.45, 2.75) is 0 Å². The Morgan fingerprint density at radius 2 is 0.714 bits per heavy atom. The molecule has 0 aliphatic carbocycles. The molecule has 112 valence electrons. The van der Waals surface area contributed by atoms with E-state index in [2.05, 4.69) is 0 Å². The number of hydrogen-bond donors (Lipinski definition) is 2. The zero-order valence-corrected chi connectivity index (χ0v) is 12.4. The van der Waals surface area contributed by atoms with Gasteiger partial charge in [0.1, 0.15) is 11.5 Å². The Morgan fingerprint density at radius 3 is 0.905 bits per heavy atom. The summed E-state index contributed by atoms with van der Waals surface area (Å²) in [4.78, 5) is 0. The minimum atomic E-state index is -1.57. The summed E-state index contributed by atoms with van der Waals surface area (Å²) >= 11 is 0. The number of phenols is 2. The third-order valence-electron chi connectivity index (χ3n) is 1.94. The van der Waals surface area contributed by atoms with Crippen LogP contribution in [0.25, 0.3) is 0 Å². The molecule has 0 radical (unpaired) electrons. The fourth-order valence-corrected chi connectivity index (χ4v) is 1.08. The molecule has 2 aromatic carbocycles. The standard InChI is InChI=1S/2C6H3F3O.Zr/c2*7-4-1-3(10)2-5(8)6(4)9;/h2*1-2,10H;. The first-order chi connectivity index (χ1) is 9.22. The molecule has 0 unspecified atom stereocenters. The Hall–Kier alpha value is -1.50. The Bertz CT molecular complexity index is 534. The summed E-state index contributed by atoms with van der Waals surface area (Å²) in [7, 11) is 0. The average Bonchev–Trinajstić information content (AvgIpc) is 2.33. The third kappa shape index (κ3) is 5.42. The number of aromatic hydroxyl groups is 2. The smallest absolute Gasteiger partial charge is 0.194 e. The Balaban J connectivity index is 0.000000364. The zero-order chi connectivity index (χ0) is 15.4. The fourth-order valence-electron chi connectivity index (χ4n) is 1.08. The minimum Gasteiger partial charge on any atom is -0.508 e. The normalized spacial score (nSPS) is 9.43. The van der Waals surface area contributed by atoms with Gasteiger partial charge in [-0.3, -0.25) is 0 Å². The van der Waals surface area contributed by atoms with Crippen LogP contribution >= 0.6 is 0 Å². The molecule has 2 aromatic rings. The van der Waals surface area contributed by atoms with E-state index in [1.807, 2.05) is 0 Å². The first kappa shape index (κ1) is 19.5. The third-order valence-corrected chi connectivity index (χ3v) is 1.94. The molecule has 0 heterocycles. The van der Waals surface area contributed by atoms with E-state index in [1.165, 1.54) is 0 Å². The van der Waals surface area contributed by atoms with Gasteiger partial charge in [0.05, 0.1) is 0 Å². The summed E-state index contributed by atoms with van der Waals surface area (Å²) in [6.45, 7) is 0. The molecule has 0 bridgehead atoms. The minimum absolute atomic E-state index is 0.